The SMILES string of the molecule is Cc1oc(CN(C)C(=O)CN(C)S(=O)(=O)c2cccnc2)cc1C(=O)O. The average Bonchev–Trinajstić information content (AvgIpc) is 2.96. The van der Waals surface area contributed by atoms with Gasteiger partial charge in [-0.25, -0.2) is 13.2 Å². The van der Waals surface area contributed by atoms with Crippen LogP contribution in [0.5, 0.6) is 0 Å². The number of likely N-dealkylation sites (N-methyl/N-ethyl adjacent to an activating group) is 2. The van der Waals surface area contributed by atoms with Crippen molar-refractivity contribution in [3.8, 4) is 0 Å². The van der Waals surface area contributed by atoms with Gasteiger partial charge in [-0.15, -0.1) is 0 Å². The Labute approximate surface area is 150 Å². The van der Waals surface area contributed by atoms with Gasteiger partial charge in [0.05, 0.1) is 13.1 Å². The lowest BCUT2D eigenvalue weighted by Crippen LogP contribution is -2.39. The molecule has 0 aliphatic rings. The van der Waals surface area contributed by atoms with Crippen LogP contribution in [-0.2, 0) is 21.4 Å². The summed E-state index contributed by atoms with van der Waals surface area (Å²) in [6.45, 7) is 1.16. The van der Waals surface area contributed by atoms with Gasteiger partial charge in [0.2, 0.25) is 15.9 Å². The molecule has 0 aromatic carbocycles. The Morgan fingerprint density at radius 3 is 2.54 bits per heavy atom. The first-order valence-electron chi connectivity index (χ1n) is 7.56. The molecule has 2 aromatic heterocycles. The van der Waals surface area contributed by atoms with Crippen molar-refractivity contribution in [1.29, 1.82) is 0 Å². The van der Waals surface area contributed by atoms with Crippen LogP contribution in [0.25, 0.3) is 0 Å². The van der Waals surface area contributed by atoms with Gasteiger partial charge in [-0.05, 0) is 25.1 Å². The molecule has 1 N–H and O–H groups in total. The van der Waals surface area contributed by atoms with E-state index < -0.39 is 21.9 Å². The maximum atomic E-state index is 12.4. The van der Waals surface area contributed by atoms with Crippen molar-refractivity contribution in [2.45, 2.75) is 18.4 Å². The van der Waals surface area contributed by atoms with Crippen molar-refractivity contribution in [3.05, 3.63) is 47.7 Å². The molecule has 0 bridgehead atoms. The average molecular weight is 381 g/mol. The highest BCUT2D eigenvalue weighted by molar-refractivity contribution is 7.89. The van der Waals surface area contributed by atoms with Crippen LogP contribution in [0.1, 0.15) is 21.9 Å². The normalized spacial score (nSPS) is 11.5. The Bertz CT molecular complexity index is 907. The number of carbonyl (C=O) groups excluding carboxylic acids is 1. The summed E-state index contributed by atoms with van der Waals surface area (Å²) in [4.78, 5) is 28.4. The standard InChI is InChI=1S/C16H19N3O6S/c1-11-14(16(21)22)7-12(25-11)9-18(2)15(20)10-19(3)26(23,24)13-5-4-6-17-8-13/h4-8H,9-10H2,1-3H3,(H,21,22). The summed E-state index contributed by atoms with van der Waals surface area (Å²) in [7, 11) is -1.06. The number of carboxylic acid groups (broad SMARTS) is 1. The van der Waals surface area contributed by atoms with Crippen molar-refractivity contribution in [2.75, 3.05) is 20.6 Å². The number of carbonyl (C=O) groups is 2. The highest BCUT2D eigenvalue weighted by Gasteiger charge is 2.25. The van der Waals surface area contributed by atoms with E-state index in [9.17, 15) is 18.0 Å². The van der Waals surface area contributed by atoms with Crippen LogP contribution < -0.4 is 0 Å². The molecule has 0 saturated carbocycles. The number of aryl methyl sites for hydroxylation is 1. The molecular formula is C16H19N3O6S. The van der Waals surface area contributed by atoms with E-state index in [2.05, 4.69) is 4.98 Å². The van der Waals surface area contributed by atoms with E-state index in [1.165, 1.54) is 56.5 Å². The minimum absolute atomic E-state index is 0.00860. The summed E-state index contributed by atoms with van der Waals surface area (Å²) in [6.07, 6.45) is 2.66. The molecule has 0 aliphatic heterocycles. The minimum Gasteiger partial charge on any atom is -0.478 e. The van der Waals surface area contributed by atoms with E-state index in [0.717, 1.165) is 4.31 Å². The summed E-state index contributed by atoms with van der Waals surface area (Å²) in [5, 5.41) is 9.02. The summed E-state index contributed by atoms with van der Waals surface area (Å²) >= 11 is 0. The van der Waals surface area contributed by atoms with E-state index in [0.29, 0.717) is 5.76 Å². The van der Waals surface area contributed by atoms with Crippen molar-refractivity contribution in [3.63, 3.8) is 0 Å². The topological polar surface area (TPSA) is 121 Å². The Kier molecular flexibility index (Phi) is 5.78. The number of sulfonamides is 1. The van der Waals surface area contributed by atoms with Crippen molar-refractivity contribution < 1.29 is 27.5 Å². The van der Waals surface area contributed by atoms with E-state index in [1.807, 2.05) is 0 Å². The largest absolute Gasteiger partial charge is 0.478 e. The zero-order chi connectivity index (χ0) is 19.5. The molecule has 0 fully saturated rings. The fourth-order valence-corrected chi connectivity index (χ4v) is 3.32. The molecule has 9 nitrogen and oxygen atoms in total. The predicted octanol–water partition coefficient (Wildman–Crippen LogP) is 0.960. The van der Waals surface area contributed by atoms with Gasteiger partial charge in [-0.2, -0.15) is 4.31 Å². The number of furan rings is 1. The third kappa shape index (κ3) is 4.27. The maximum Gasteiger partial charge on any atom is 0.339 e. The van der Waals surface area contributed by atoms with Crippen LogP contribution in [0.3, 0.4) is 0 Å². The van der Waals surface area contributed by atoms with Gasteiger partial charge in [0.1, 0.15) is 22.0 Å². The lowest BCUT2D eigenvalue weighted by Gasteiger charge is -2.21. The molecule has 2 rings (SSSR count). The zero-order valence-electron chi connectivity index (χ0n) is 14.5. The number of amides is 1. The highest BCUT2D eigenvalue weighted by atomic mass is 32.2. The number of rotatable bonds is 7. The third-order valence-electron chi connectivity index (χ3n) is 3.72. The van der Waals surface area contributed by atoms with Crippen LogP contribution in [0.4, 0.5) is 0 Å². The molecular weight excluding hydrogens is 362 g/mol. The van der Waals surface area contributed by atoms with Crippen LogP contribution in [-0.4, -0.2) is 60.2 Å². The number of hydrogen-bond donors (Lipinski definition) is 1. The first kappa shape index (κ1) is 19.6. The van der Waals surface area contributed by atoms with Crippen LogP contribution >= 0.6 is 0 Å². The molecule has 1 amide bonds. The van der Waals surface area contributed by atoms with Crippen LogP contribution in [0, 0.1) is 6.92 Å². The molecule has 26 heavy (non-hydrogen) atoms. The first-order chi connectivity index (χ1) is 12.1. The van der Waals surface area contributed by atoms with E-state index >= 15 is 0 Å². The second-order valence-electron chi connectivity index (χ2n) is 5.69. The van der Waals surface area contributed by atoms with Gasteiger partial charge >= 0.3 is 5.97 Å². The molecule has 2 heterocycles. The maximum absolute atomic E-state index is 12.4. The number of hydrogen-bond acceptors (Lipinski definition) is 6. The lowest BCUT2D eigenvalue weighted by molar-refractivity contribution is -0.130. The molecule has 140 valence electrons. The fourth-order valence-electron chi connectivity index (χ4n) is 2.23. The van der Waals surface area contributed by atoms with Crippen LogP contribution in [0.15, 0.2) is 39.9 Å². The lowest BCUT2D eigenvalue weighted by atomic mass is 10.2. The van der Waals surface area contributed by atoms with Gasteiger partial charge in [0.25, 0.3) is 0 Å². The highest BCUT2D eigenvalue weighted by Crippen LogP contribution is 2.17. The number of carboxylic acids is 1. The van der Waals surface area contributed by atoms with E-state index in [1.54, 1.807) is 0 Å². The molecule has 0 saturated heterocycles. The molecule has 10 heteroatoms. The zero-order valence-corrected chi connectivity index (χ0v) is 15.4. The monoisotopic (exact) mass is 381 g/mol. The molecule has 0 radical (unpaired) electrons. The molecule has 0 spiro atoms. The summed E-state index contributed by atoms with van der Waals surface area (Å²) in [5.74, 6) is -1.04. The first-order valence-corrected chi connectivity index (χ1v) is 9.00. The Balaban J connectivity index is 2.05. The number of aromatic nitrogens is 1. The number of nitrogens with zero attached hydrogens (tertiary/aromatic N) is 3. The Morgan fingerprint density at radius 1 is 1.31 bits per heavy atom. The summed E-state index contributed by atoms with van der Waals surface area (Å²) in [5.41, 5.74) is 0.0251. The van der Waals surface area contributed by atoms with Gasteiger partial charge < -0.3 is 14.4 Å². The molecule has 0 unspecified atom stereocenters. The molecule has 2 aromatic rings. The second kappa shape index (κ2) is 7.67. The molecule has 0 atom stereocenters. The van der Waals surface area contributed by atoms with Crippen molar-refractivity contribution >= 4 is 21.9 Å². The minimum atomic E-state index is -3.83. The predicted molar refractivity (Wildman–Crippen MR) is 90.9 cm³/mol. The summed E-state index contributed by atoms with van der Waals surface area (Å²) < 4.78 is 31.1. The van der Waals surface area contributed by atoms with Gasteiger partial charge in [0, 0.05) is 26.5 Å². The number of aromatic carboxylic acids is 1. The van der Waals surface area contributed by atoms with Crippen LogP contribution in [0.2, 0.25) is 0 Å². The third-order valence-corrected chi connectivity index (χ3v) is 5.51. The van der Waals surface area contributed by atoms with Crippen molar-refractivity contribution in [2.24, 2.45) is 0 Å². The quantitative estimate of drug-likeness (QED) is 0.758. The number of pyridine rings is 1. The molecule has 0 aliphatic carbocycles. The van der Waals surface area contributed by atoms with E-state index in [4.69, 9.17) is 9.52 Å². The van der Waals surface area contributed by atoms with Gasteiger partial charge in [0.15, 0.2) is 0 Å². The smallest absolute Gasteiger partial charge is 0.339 e. The second-order valence-corrected chi connectivity index (χ2v) is 7.73. The Morgan fingerprint density at radius 2 is 2.00 bits per heavy atom. The van der Waals surface area contributed by atoms with E-state index in [-0.39, 0.29) is 29.3 Å². The van der Waals surface area contributed by atoms with Gasteiger partial charge in [-0.3, -0.25) is 9.78 Å². The van der Waals surface area contributed by atoms with Gasteiger partial charge in [-0.1, -0.05) is 0 Å². The summed E-state index contributed by atoms with van der Waals surface area (Å²) in [6, 6.07) is 4.23. The van der Waals surface area contributed by atoms with Crippen molar-refractivity contribution in [1.82, 2.24) is 14.2 Å². The Hall–Kier alpha value is -2.72. The fraction of sp³-hybridized carbons (Fsp3) is 0.312.